The van der Waals surface area contributed by atoms with Crippen LogP contribution in [0.25, 0.3) is 10.2 Å². The van der Waals surface area contributed by atoms with E-state index in [4.69, 9.17) is 4.74 Å². The SMILES string of the molecule is CCOC(=O)c1ccc2c(c1)sc(=NC(=O)c1ccc(S(=O)(=O)N3CCCCCC3)cc1)n2C. The molecule has 0 saturated carbocycles. The molecule has 0 spiro atoms. The van der Waals surface area contributed by atoms with Gasteiger partial charge >= 0.3 is 5.97 Å². The second-order valence-electron chi connectivity index (χ2n) is 8.11. The number of benzene rings is 2. The number of rotatable bonds is 5. The Balaban J connectivity index is 1.59. The van der Waals surface area contributed by atoms with E-state index in [1.54, 1.807) is 36.7 Å². The first-order valence-corrected chi connectivity index (χ1v) is 13.5. The maximum atomic E-state index is 13.0. The number of fused-ring (bicyclic) bond motifs is 1. The normalized spacial score (nSPS) is 15.9. The van der Waals surface area contributed by atoms with Gasteiger partial charge in [0.2, 0.25) is 10.0 Å². The molecule has 0 bridgehead atoms. The van der Waals surface area contributed by atoms with E-state index >= 15 is 0 Å². The molecule has 3 aromatic rings. The van der Waals surface area contributed by atoms with E-state index in [1.807, 2.05) is 0 Å². The standard InChI is InChI=1S/C24H27N3O5S2/c1-3-32-23(29)18-10-13-20-21(16-18)33-24(26(20)2)25-22(28)17-8-11-19(12-9-17)34(30,31)27-14-6-4-5-7-15-27/h8-13,16H,3-7,14-15H2,1-2H3. The minimum absolute atomic E-state index is 0.185. The highest BCUT2D eigenvalue weighted by Gasteiger charge is 2.25. The van der Waals surface area contributed by atoms with Crippen LogP contribution in [-0.2, 0) is 21.8 Å². The molecular formula is C24H27N3O5S2. The van der Waals surface area contributed by atoms with Gasteiger partial charge in [0.15, 0.2) is 4.80 Å². The van der Waals surface area contributed by atoms with E-state index in [9.17, 15) is 18.0 Å². The third-order valence-corrected chi connectivity index (χ3v) is 8.83. The number of carbonyl (C=O) groups excluding carboxylic acids is 2. The molecule has 0 N–H and O–H groups in total. The van der Waals surface area contributed by atoms with Crippen molar-refractivity contribution in [3.05, 3.63) is 58.4 Å². The molecule has 2 heterocycles. The molecule has 1 aliphatic heterocycles. The zero-order valence-electron chi connectivity index (χ0n) is 19.2. The van der Waals surface area contributed by atoms with Crippen LogP contribution in [0.5, 0.6) is 0 Å². The van der Waals surface area contributed by atoms with Gasteiger partial charge in [-0.1, -0.05) is 24.2 Å². The summed E-state index contributed by atoms with van der Waals surface area (Å²) in [5.74, 6) is -0.864. The van der Waals surface area contributed by atoms with Crippen LogP contribution in [0.4, 0.5) is 0 Å². The molecule has 0 aliphatic carbocycles. The van der Waals surface area contributed by atoms with Gasteiger partial charge in [-0.2, -0.15) is 9.30 Å². The number of hydrogen-bond donors (Lipinski definition) is 0. The Morgan fingerprint density at radius 1 is 1.00 bits per heavy atom. The minimum atomic E-state index is -3.57. The monoisotopic (exact) mass is 501 g/mol. The third-order valence-electron chi connectivity index (χ3n) is 5.82. The first-order chi connectivity index (χ1) is 16.3. The van der Waals surface area contributed by atoms with Crippen molar-refractivity contribution in [2.75, 3.05) is 19.7 Å². The fourth-order valence-electron chi connectivity index (χ4n) is 3.93. The van der Waals surface area contributed by atoms with E-state index in [-0.39, 0.29) is 4.90 Å². The first kappa shape index (κ1) is 24.3. The highest BCUT2D eigenvalue weighted by molar-refractivity contribution is 7.89. The Bertz CT molecular complexity index is 1380. The summed E-state index contributed by atoms with van der Waals surface area (Å²) in [6.07, 6.45) is 3.81. The van der Waals surface area contributed by atoms with Crippen molar-refractivity contribution in [3.8, 4) is 0 Å². The molecule has 10 heteroatoms. The number of carbonyl (C=O) groups is 2. The molecule has 1 saturated heterocycles. The summed E-state index contributed by atoms with van der Waals surface area (Å²) < 4.78 is 35.1. The number of sulfonamides is 1. The van der Waals surface area contributed by atoms with E-state index in [2.05, 4.69) is 4.99 Å². The number of nitrogens with zero attached hydrogens (tertiary/aromatic N) is 3. The van der Waals surface area contributed by atoms with Crippen LogP contribution in [0.15, 0.2) is 52.4 Å². The van der Waals surface area contributed by atoms with Gasteiger partial charge in [0.25, 0.3) is 5.91 Å². The van der Waals surface area contributed by atoms with Gasteiger partial charge in [0, 0.05) is 25.7 Å². The molecule has 0 unspecified atom stereocenters. The molecule has 0 radical (unpaired) electrons. The fourth-order valence-corrected chi connectivity index (χ4v) is 6.51. The Labute approximate surface area is 202 Å². The van der Waals surface area contributed by atoms with Gasteiger partial charge < -0.3 is 9.30 Å². The van der Waals surface area contributed by atoms with Crippen molar-refractivity contribution in [1.29, 1.82) is 0 Å². The van der Waals surface area contributed by atoms with Crippen LogP contribution in [0.1, 0.15) is 53.3 Å². The van der Waals surface area contributed by atoms with Crippen LogP contribution in [-0.4, -0.2) is 48.9 Å². The molecule has 2 aromatic carbocycles. The zero-order chi connectivity index (χ0) is 24.3. The molecule has 1 aliphatic rings. The Kier molecular flexibility index (Phi) is 7.30. The third kappa shape index (κ3) is 4.98. The number of aryl methyl sites for hydroxylation is 1. The molecule has 0 atom stereocenters. The van der Waals surface area contributed by atoms with Crippen molar-refractivity contribution >= 4 is 43.5 Å². The van der Waals surface area contributed by atoms with Crippen molar-refractivity contribution < 1.29 is 22.7 Å². The van der Waals surface area contributed by atoms with Gasteiger partial charge in [-0.3, -0.25) is 4.79 Å². The number of ether oxygens (including phenoxy) is 1. The Morgan fingerprint density at radius 2 is 1.65 bits per heavy atom. The summed E-state index contributed by atoms with van der Waals surface area (Å²) in [5, 5.41) is 0. The molecule has 1 fully saturated rings. The molecule has 180 valence electrons. The van der Waals surface area contributed by atoms with Crippen LogP contribution in [0.2, 0.25) is 0 Å². The molecule has 4 rings (SSSR count). The van der Waals surface area contributed by atoms with Crippen LogP contribution in [0.3, 0.4) is 0 Å². The first-order valence-electron chi connectivity index (χ1n) is 11.3. The Morgan fingerprint density at radius 3 is 2.29 bits per heavy atom. The minimum Gasteiger partial charge on any atom is -0.462 e. The summed E-state index contributed by atoms with van der Waals surface area (Å²) in [7, 11) is -1.78. The van der Waals surface area contributed by atoms with E-state index in [1.165, 1.54) is 39.9 Å². The lowest BCUT2D eigenvalue weighted by Gasteiger charge is -2.19. The van der Waals surface area contributed by atoms with Crippen molar-refractivity contribution in [2.24, 2.45) is 12.0 Å². The van der Waals surface area contributed by atoms with Crippen molar-refractivity contribution in [1.82, 2.24) is 8.87 Å². The lowest BCUT2D eigenvalue weighted by atomic mass is 10.2. The summed E-state index contributed by atoms with van der Waals surface area (Å²) in [5.41, 5.74) is 1.58. The molecule has 1 aromatic heterocycles. The van der Waals surface area contributed by atoms with E-state index in [0.717, 1.165) is 35.9 Å². The van der Waals surface area contributed by atoms with Crippen LogP contribution >= 0.6 is 11.3 Å². The summed E-state index contributed by atoms with van der Waals surface area (Å²) in [6, 6.07) is 11.2. The summed E-state index contributed by atoms with van der Waals surface area (Å²) >= 11 is 1.29. The largest absolute Gasteiger partial charge is 0.462 e. The second-order valence-corrected chi connectivity index (χ2v) is 11.1. The lowest BCUT2D eigenvalue weighted by Crippen LogP contribution is -2.31. The van der Waals surface area contributed by atoms with E-state index < -0.39 is 21.9 Å². The predicted octanol–water partition coefficient (Wildman–Crippen LogP) is 3.72. The van der Waals surface area contributed by atoms with Crippen LogP contribution in [0, 0.1) is 0 Å². The molecule has 34 heavy (non-hydrogen) atoms. The van der Waals surface area contributed by atoms with Gasteiger partial charge in [-0.05, 0) is 62.2 Å². The maximum absolute atomic E-state index is 13.0. The molecule has 8 nitrogen and oxygen atoms in total. The van der Waals surface area contributed by atoms with E-state index in [0.29, 0.717) is 35.6 Å². The zero-order valence-corrected chi connectivity index (χ0v) is 20.8. The second kappa shape index (κ2) is 10.2. The molecule has 1 amide bonds. The highest BCUT2D eigenvalue weighted by atomic mass is 32.2. The topological polar surface area (TPSA) is 98.0 Å². The van der Waals surface area contributed by atoms with Crippen molar-refractivity contribution in [3.63, 3.8) is 0 Å². The van der Waals surface area contributed by atoms with Crippen LogP contribution < -0.4 is 4.80 Å². The number of aromatic nitrogens is 1. The van der Waals surface area contributed by atoms with Gasteiger partial charge in [-0.15, -0.1) is 0 Å². The number of thiazole rings is 1. The number of esters is 1. The average molecular weight is 502 g/mol. The highest BCUT2D eigenvalue weighted by Crippen LogP contribution is 2.22. The Hall–Kier alpha value is -2.82. The predicted molar refractivity (Wildman–Crippen MR) is 130 cm³/mol. The lowest BCUT2D eigenvalue weighted by molar-refractivity contribution is 0.0526. The quantitative estimate of drug-likeness (QED) is 0.496. The summed E-state index contributed by atoms with van der Waals surface area (Å²) in [6.45, 7) is 3.10. The molecular weight excluding hydrogens is 474 g/mol. The van der Waals surface area contributed by atoms with Crippen molar-refractivity contribution in [2.45, 2.75) is 37.5 Å². The van der Waals surface area contributed by atoms with Gasteiger partial charge in [0.1, 0.15) is 0 Å². The summed E-state index contributed by atoms with van der Waals surface area (Å²) in [4.78, 5) is 29.7. The maximum Gasteiger partial charge on any atom is 0.338 e. The fraction of sp³-hybridized carbons (Fsp3) is 0.375. The van der Waals surface area contributed by atoms with Gasteiger partial charge in [-0.25, -0.2) is 13.2 Å². The number of amides is 1. The smallest absolute Gasteiger partial charge is 0.338 e. The average Bonchev–Trinajstić information content (AvgIpc) is 3.00. The van der Waals surface area contributed by atoms with Gasteiger partial charge in [0.05, 0.1) is 27.3 Å². The number of hydrogen-bond acceptors (Lipinski definition) is 6.